The van der Waals surface area contributed by atoms with Gasteiger partial charge in [-0.2, -0.15) is 0 Å². The van der Waals surface area contributed by atoms with Gasteiger partial charge in [-0.1, -0.05) is 121 Å². The molecule has 6 nitrogen and oxygen atoms in total. The predicted molar refractivity (Wildman–Crippen MR) is 236 cm³/mol. The molecule has 0 amide bonds. The summed E-state index contributed by atoms with van der Waals surface area (Å²) in [6, 6.07) is 56.2. The number of hydrogen-bond donors (Lipinski definition) is 0. The Morgan fingerprint density at radius 3 is 1.81 bits per heavy atom. The highest BCUT2D eigenvalue weighted by molar-refractivity contribution is 7.26. The molecule has 8 heteroatoms. The van der Waals surface area contributed by atoms with Crippen LogP contribution in [0, 0.1) is 0 Å². The van der Waals surface area contributed by atoms with Gasteiger partial charge in [0.05, 0.1) is 15.9 Å². The second-order valence-electron chi connectivity index (χ2n) is 14.0. The third-order valence-corrected chi connectivity index (χ3v) is 12.9. The first-order valence-corrected chi connectivity index (χ1v) is 20.3. The molecule has 12 rings (SSSR count). The summed E-state index contributed by atoms with van der Waals surface area (Å²) < 4.78 is 11.1. The zero-order chi connectivity index (χ0) is 37.5. The molecule has 0 spiro atoms. The minimum Gasteiger partial charge on any atom is -0.455 e. The number of benzene rings is 7. The zero-order valence-electron chi connectivity index (χ0n) is 30.0. The van der Waals surface area contributed by atoms with Crippen LogP contribution < -0.4 is 0 Å². The van der Waals surface area contributed by atoms with E-state index in [2.05, 4.69) is 91.0 Å². The number of fused-ring (bicyclic) bond motifs is 9. The molecule has 0 saturated heterocycles. The van der Waals surface area contributed by atoms with Gasteiger partial charge in [-0.25, -0.2) is 24.9 Å². The van der Waals surface area contributed by atoms with E-state index >= 15 is 0 Å². The molecule has 12 aromatic rings. The summed E-state index contributed by atoms with van der Waals surface area (Å²) in [5.41, 5.74) is 8.19. The van der Waals surface area contributed by atoms with E-state index in [0.29, 0.717) is 23.3 Å². The number of hydrogen-bond acceptors (Lipinski definition) is 8. The first-order valence-electron chi connectivity index (χ1n) is 18.7. The van der Waals surface area contributed by atoms with E-state index in [-0.39, 0.29) is 0 Å². The summed E-state index contributed by atoms with van der Waals surface area (Å²) >= 11 is 3.48. The van der Waals surface area contributed by atoms with Crippen LogP contribution in [0.5, 0.6) is 0 Å². The van der Waals surface area contributed by atoms with E-state index in [1.165, 1.54) is 4.70 Å². The van der Waals surface area contributed by atoms with Crippen molar-refractivity contribution >= 4 is 85.1 Å². The number of thiophene rings is 2. The lowest BCUT2D eigenvalue weighted by Crippen LogP contribution is -2.00. The maximum atomic E-state index is 6.56. The van der Waals surface area contributed by atoms with Crippen LogP contribution in [-0.4, -0.2) is 24.9 Å². The number of furan rings is 1. The molecule has 0 fully saturated rings. The molecular weight excluding hydrogens is 739 g/mol. The van der Waals surface area contributed by atoms with Crippen molar-refractivity contribution in [2.24, 2.45) is 0 Å². The zero-order valence-corrected chi connectivity index (χ0v) is 31.7. The highest BCUT2D eigenvalue weighted by Gasteiger charge is 2.22. The van der Waals surface area contributed by atoms with Gasteiger partial charge in [-0.05, 0) is 42.5 Å². The third-order valence-electron chi connectivity index (χ3n) is 10.6. The fourth-order valence-electron chi connectivity index (χ4n) is 7.92. The van der Waals surface area contributed by atoms with Crippen molar-refractivity contribution < 1.29 is 4.42 Å². The summed E-state index contributed by atoms with van der Waals surface area (Å²) in [6.45, 7) is 0. The summed E-state index contributed by atoms with van der Waals surface area (Å²) in [5.74, 6) is 2.55. The molecule has 0 radical (unpaired) electrons. The SMILES string of the molecule is c1ccc(-c2nc(-c3ccccc3)nc(-c3cccc4sc5ccc(-c6nc(-c7cccc8c7oc7ccccc78)c7sc8ccccc8c7n6)cc5c34)n2)cc1. The first kappa shape index (κ1) is 32.1. The summed E-state index contributed by atoms with van der Waals surface area (Å²) in [7, 11) is 0. The molecule has 0 aliphatic rings. The molecule has 0 atom stereocenters. The van der Waals surface area contributed by atoms with Crippen molar-refractivity contribution in [3.05, 3.63) is 164 Å². The molecule has 0 aliphatic heterocycles. The Morgan fingerprint density at radius 1 is 0.386 bits per heavy atom. The maximum Gasteiger partial charge on any atom is 0.164 e. The molecule has 5 aromatic heterocycles. The summed E-state index contributed by atoms with van der Waals surface area (Å²) in [4.78, 5) is 25.9. The van der Waals surface area contributed by atoms with E-state index in [9.17, 15) is 0 Å². The van der Waals surface area contributed by atoms with Crippen LogP contribution in [0.25, 0.3) is 119 Å². The average molecular weight is 766 g/mol. The van der Waals surface area contributed by atoms with E-state index in [1.807, 2.05) is 72.8 Å². The molecule has 0 N–H and O–H groups in total. The molecule has 0 saturated carbocycles. The molecule has 0 unspecified atom stereocenters. The molecule has 0 aliphatic carbocycles. The van der Waals surface area contributed by atoms with Crippen LogP contribution in [-0.2, 0) is 0 Å². The molecule has 0 bridgehead atoms. The van der Waals surface area contributed by atoms with E-state index < -0.39 is 0 Å². The highest BCUT2D eigenvalue weighted by atomic mass is 32.1. The third kappa shape index (κ3) is 5.19. The largest absolute Gasteiger partial charge is 0.455 e. The van der Waals surface area contributed by atoms with Gasteiger partial charge in [-0.15, -0.1) is 22.7 Å². The number of nitrogens with zero attached hydrogens (tertiary/aromatic N) is 5. The van der Waals surface area contributed by atoms with Crippen molar-refractivity contribution in [1.82, 2.24) is 24.9 Å². The van der Waals surface area contributed by atoms with Crippen LogP contribution in [0.2, 0.25) is 0 Å². The van der Waals surface area contributed by atoms with Gasteiger partial charge >= 0.3 is 0 Å². The van der Waals surface area contributed by atoms with Crippen LogP contribution in [0.3, 0.4) is 0 Å². The van der Waals surface area contributed by atoms with Crippen LogP contribution >= 0.6 is 22.7 Å². The minimum absolute atomic E-state index is 0.627. The number of rotatable bonds is 5. The number of aromatic nitrogens is 5. The van der Waals surface area contributed by atoms with Crippen molar-refractivity contribution in [2.75, 3.05) is 0 Å². The second kappa shape index (κ2) is 12.7. The standard InChI is InChI=1S/C49H27N5OS2/c1-3-13-28(14-4-1)46-52-47(29-15-5-2-6-16-29)54-49(53-46)34-20-12-24-40-41(34)36-27-30(25-26-39(36)56-40)48-50-42-33-18-8-10-23-38(33)57-45(42)43(51-48)35-21-11-19-32-31-17-7-9-22-37(31)55-44(32)35/h1-27H. The van der Waals surface area contributed by atoms with E-state index in [4.69, 9.17) is 29.3 Å². The summed E-state index contributed by atoms with van der Waals surface area (Å²) in [6.07, 6.45) is 0. The van der Waals surface area contributed by atoms with Gasteiger partial charge < -0.3 is 4.42 Å². The lowest BCUT2D eigenvalue weighted by atomic mass is 10.0. The van der Waals surface area contributed by atoms with Crippen LogP contribution in [0.1, 0.15) is 0 Å². The van der Waals surface area contributed by atoms with Crippen LogP contribution in [0.4, 0.5) is 0 Å². The topological polar surface area (TPSA) is 77.6 Å². The van der Waals surface area contributed by atoms with E-state index in [1.54, 1.807) is 22.7 Å². The van der Waals surface area contributed by atoms with Gasteiger partial charge in [0, 0.05) is 68.8 Å². The smallest absolute Gasteiger partial charge is 0.164 e. The molecule has 5 heterocycles. The van der Waals surface area contributed by atoms with Crippen molar-refractivity contribution in [3.8, 4) is 56.8 Å². The lowest BCUT2D eigenvalue weighted by Gasteiger charge is -2.10. The van der Waals surface area contributed by atoms with Gasteiger partial charge in [0.15, 0.2) is 23.3 Å². The fourth-order valence-corrected chi connectivity index (χ4v) is 10.2. The van der Waals surface area contributed by atoms with Crippen LogP contribution in [0.15, 0.2) is 168 Å². The molecule has 7 aromatic carbocycles. The van der Waals surface area contributed by atoms with Gasteiger partial charge in [0.2, 0.25) is 0 Å². The average Bonchev–Trinajstić information content (AvgIpc) is 3.98. The Morgan fingerprint density at radius 2 is 1.00 bits per heavy atom. The second-order valence-corrected chi connectivity index (χ2v) is 16.1. The Bertz CT molecular complexity index is 3480. The summed E-state index contributed by atoms with van der Waals surface area (Å²) in [5, 5.41) is 5.47. The maximum absolute atomic E-state index is 6.56. The molecule has 266 valence electrons. The van der Waals surface area contributed by atoms with Crippen molar-refractivity contribution in [2.45, 2.75) is 0 Å². The van der Waals surface area contributed by atoms with Gasteiger partial charge in [-0.3, -0.25) is 0 Å². The Labute approximate surface area is 333 Å². The monoisotopic (exact) mass is 765 g/mol. The predicted octanol–water partition coefficient (Wildman–Crippen LogP) is 13.6. The Hall–Kier alpha value is -7.13. The highest BCUT2D eigenvalue weighted by Crippen LogP contribution is 2.45. The normalized spacial score (nSPS) is 11.9. The van der Waals surface area contributed by atoms with E-state index in [0.717, 1.165) is 91.2 Å². The minimum atomic E-state index is 0.627. The fraction of sp³-hybridized carbons (Fsp3) is 0. The number of para-hydroxylation sites is 2. The van der Waals surface area contributed by atoms with Gasteiger partial charge in [0.25, 0.3) is 0 Å². The van der Waals surface area contributed by atoms with Crippen molar-refractivity contribution in [1.29, 1.82) is 0 Å². The lowest BCUT2D eigenvalue weighted by molar-refractivity contribution is 0.670. The van der Waals surface area contributed by atoms with Crippen molar-refractivity contribution in [3.63, 3.8) is 0 Å². The Kier molecular flexibility index (Phi) is 7.17. The van der Waals surface area contributed by atoms with Gasteiger partial charge in [0.1, 0.15) is 11.2 Å². The molecule has 57 heavy (non-hydrogen) atoms. The molecular formula is C49H27N5OS2. The quantitative estimate of drug-likeness (QED) is 0.174. The Balaban J connectivity index is 1.09. The first-order chi connectivity index (χ1) is 28.2.